The Labute approximate surface area is 83.2 Å². The summed E-state index contributed by atoms with van der Waals surface area (Å²) < 4.78 is 0. The molecule has 0 saturated heterocycles. The first-order valence-electron chi connectivity index (χ1n) is 3.49. The standard InChI is InChI=1S/C7H8BrN3O2/c8-4-5-1-2-6(11(12)13)3-7(5)10-9/h1-3,10H,4,9H2. The molecule has 1 aromatic carbocycles. The lowest BCUT2D eigenvalue weighted by atomic mass is 10.2. The van der Waals surface area contributed by atoms with Crippen molar-refractivity contribution in [2.24, 2.45) is 5.84 Å². The molecule has 0 radical (unpaired) electrons. The molecule has 70 valence electrons. The van der Waals surface area contributed by atoms with Crippen LogP contribution in [0.3, 0.4) is 0 Å². The maximum atomic E-state index is 10.4. The molecule has 0 fully saturated rings. The molecule has 0 saturated carbocycles. The minimum atomic E-state index is -0.459. The Morgan fingerprint density at radius 3 is 2.77 bits per heavy atom. The molecular weight excluding hydrogens is 238 g/mol. The van der Waals surface area contributed by atoms with Crippen LogP contribution in [0, 0.1) is 10.1 Å². The summed E-state index contributed by atoms with van der Waals surface area (Å²) in [6.07, 6.45) is 0. The van der Waals surface area contributed by atoms with Gasteiger partial charge in [-0.15, -0.1) is 0 Å². The number of nitrogen functional groups attached to an aromatic ring is 1. The maximum Gasteiger partial charge on any atom is 0.271 e. The van der Waals surface area contributed by atoms with Crippen molar-refractivity contribution in [3.8, 4) is 0 Å². The fourth-order valence-corrected chi connectivity index (χ4v) is 1.42. The molecule has 0 atom stereocenters. The van der Waals surface area contributed by atoms with E-state index in [1.807, 2.05) is 0 Å². The second-order valence-electron chi connectivity index (χ2n) is 2.38. The molecule has 0 aliphatic carbocycles. The number of hydrazine groups is 1. The number of non-ortho nitro benzene ring substituents is 1. The van der Waals surface area contributed by atoms with Crippen molar-refractivity contribution >= 4 is 27.3 Å². The van der Waals surface area contributed by atoms with Gasteiger partial charge < -0.3 is 5.43 Å². The van der Waals surface area contributed by atoms with E-state index < -0.39 is 4.92 Å². The first-order chi connectivity index (χ1) is 6.19. The van der Waals surface area contributed by atoms with E-state index in [0.29, 0.717) is 11.0 Å². The third-order valence-electron chi connectivity index (χ3n) is 1.60. The molecule has 5 nitrogen and oxygen atoms in total. The van der Waals surface area contributed by atoms with Crippen molar-refractivity contribution in [2.45, 2.75) is 5.33 Å². The highest BCUT2D eigenvalue weighted by Gasteiger charge is 2.08. The van der Waals surface area contributed by atoms with Crippen LogP contribution in [0.1, 0.15) is 5.56 Å². The number of hydrogen-bond donors (Lipinski definition) is 2. The number of alkyl halides is 1. The van der Waals surface area contributed by atoms with Crippen LogP contribution in [0.5, 0.6) is 0 Å². The highest BCUT2D eigenvalue weighted by Crippen LogP contribution is 2.23. The van der Waals surface area contributed by atoms with Crippen molar-refractivity contribution in [1.82, 2.24) is 0 Å². The van der Waals surface area contributed by atoms with Gasteiger partial charge in [0.05, 0.1) is 10.6 Å². The van der Waals surface area contributed by atoms with Crippen molar-refractivity contribution in [3.63, 3.8) is 0 Å². The molecule has 0 heterocycles. The number of halogens is 1. The van der Waals surface area contributed by atoms with Crippen LogP contribution in [-0.4, -0.2) is 4.92 Å². The van der Waals surface area contributed by atoms with Gasteiger partial charge in [-0.25, -0.2) is 0 Å². The monoisotopic (exact) mass is 245 g/mol. The average Bonchev–Trinajstić information content (AvgIpc) is 2.16. The van der Waals surface area contributed by atoms with Gasteiger partial charge in [0.2, 0.25) is 0 Å². The predicted molar refractivity (Wildman–Crippen MR) is 53.5 cm³/mol. The zero-order chi connectivity index (χ0) is 9.84. The van der Waals surface area contributed by atoms with Crippen molar-refractivity contribution in [3.05, 3.63) is 33.9 Å². The van der Waals surface area contributed by atoms with E-state index in [1.165, 1.54) is 12.1 Å². The lowest BCUT2D eigenvalue weighted by Gasteiger charge is -2.04. The molecule has 0 aliphatic heterocycles. The van der Waals surface area contributed by atoms with Crippen molar-refractivity contribution in [2.75, 3.05) is 5.43 Å². The molecule has 0 bridgehead atoms. The minimum absolute atomic E-state index is 0.0256. The van der Waals surface area contributed by atoms with Gasteiger partial charge >= 0.3 is 0 Å². The SMILES string of the molecule is NNc1cc([N+](=O)[O-])ccc1CBr. The topological polar surface area (TPSA) is 81.2 Å². The average molecular weight is 246 g/mol. The van der Waals surface area contributed by atoms with E-state index in [2.05, 4.69) is 21.4 Å². The number of nitrogens with one attached hydrogen (secondary N) is 1. The summed E-state index contributed by atoms with van der Waals surface area (Å²) in [4.78, 5) is 9.93. The largest absolute Gasteiger partial charge is 0.324 e. The summed E-state index contributed by atoms with van der Waals surface area (Å²) >= 11 is 3.25. The van der Waals surface area contributed by atoms with Crippen LogP contribution in [0.15, 0.2) is 18.2 Å². The minimum Gasteiger partial charge on any atom is -0.324 e. The van der Waals surface area contributed by atoms with Crippen LogP contribution in [-0.2, 0) is 5.33 Å². The Morgan fingerprint density at radius 1 is 1.62 bits per heavy atom. The molecule has 0 aliphatic rings. The normalized spacial score (nSPS) is 9.69. The fourth-order valence-electron chi connectivity index (χ4n) is 0.929. The summed E-state index contributed by atoms with van der Waals surface area (Å²) in [6, 6.07) is 4.50. The molecule has 1 rings (SSSR count). The Bertz CT molecular complexity index is 330. The molecule has 1 aromatic rings. The molecule has 13 heavy (non-hydrogen) atoms. The second-order valence-corrected chi connectivity index (χ2v) is 2.94. The number of nitro benzene ring substituents is 1. The first kappa shape index (κ1) is 9.94. The number of hydrogen-bond acceptors (Lipinski definition) is 4. The highest BCUT2D eigenvalue weighted by molar-refractivity contribution is 9.08. The zero-order valence-corrected chi connectivity index (χ0v) is 8.24. The molecule has 0 unspecified atom stereocenters. The third kappa shape index (κ3) is 2.16. The molecule has 3 N–H and O–H groups in total. The Kier molecular flexibility index (Phi) is 3.21. The van der Waals surface area contributed by atoms with Crippen molar-refractivity contribution in [1.29, 1.82) is 0 Å². The summed E-state index contributed by atoms with van der Waals surface area (Å²) in [7, 11) is 0. The van der Waals surface area contributed by atoms with E-state index in [0.717, 1.165) is 5.56 Å². The molecular formula is C7H8BrN3O2. The first-order valence-corrected chi connectivity index (χ1v) is 4.61. The lowest BCUT2D eigenvalue weighted by Crippen LogP contribution is -2.09. The number of nitro groups is 1. The van der Waals surface area contributed by atoms with Crippen LogP contribution in [0.4, 0.5) is 11.4 Å². The number of rotatable bonds is 3. The van der Waals surface area contributed by atoms with Gasteiger partial charge in [0.1, 0.15) is 0 Å². The third-order valence-corrected chi connectivity index (χ3v) is 2.21. The summed E-state index contributed by atoms with van der Waals surface area (Å²) in [5.74, 6) is 5.20. The van der Waals surface area contributed by atoms with E-state index in [-0.39, 0.29) is 5.69 Å². The van der Waals surface area contributed by atoms with Gasteiger partial charge in [-0.05, 0) is 11.6 Å². The Hall–Kier alpha value is -1.14. The van der Waals surface area contributed by atoms with Crippen molar-refractivity contribution < 1.29 is 4.92 Å². The Morgan fingerprint density at radius 2 is 2.31 bits per heavy atom. The number of nitrogens with zero attached hydrogens (tertiary/aromatic N) is 1. The quantitative estimate of drug-likeness (QED) is 0.368. The van der Waals surface area contributed by atoms with E-state index in [1.54, 1.807) is 6.07 Å². The predicted octanol–water partition coefficient (Wildman–Crippen LogP) is 1.78. The lowest BCUT2D eigenvalue weighted by molar-refractivity contribution is -0.384. The van der Waals surface area contributed by atoms with Gasteiger partial charge in [-0.1, -0.05) is 15.9 Å². The highest BCUT2D eigenvalue weighted by atomic mass is 79.9. The fraction of sp³-hybridized carbons (Fsp3) is 0.143. The van der Waals surface area contributed by atoms with Gasteiger partial charge in [-0.3, -0.25) is 16.0 Å². The molecule has 6 heteroatoms. The second kappa shape index (κ2) is 4.20. The zero-order valence-electron chi connectivity index (χ0n) is 6.66. The molecule has 0 spiro atoms. The van der Waals surface area contributed by atoms with E-state index in [4.69, 9.17) is 5.84 Å². The molecule has 0 aromatic heterocycles. The number of nitrogens with two attached hydrogens (primary N) is 1. The number of anilines is 1. The van der Waals surface area contributed by atoms with Crippen LogP contribution >= 0.6 is 15.9 Å². The van der Waals surface area contributed by atoms with Crippen LogP contribution in [0.2, 0.25) is 0 Å². The summed E-state index contributed by atoms with van der Waals surface area (Å²) in [6.45, 7) is 0. The smallest absolute Gasteiger partial charge is 0.271 e. The molecule has 0 amide bonds. The van der Waals surface area contributed by atoms with Gasteiger partial charge in [0, 0.05) is 17.5 Å². The van der Waals surface area contributed by atoms with Crippen LogP contribution in [0.25, 0.3) is 0 Å². The number of benzene rings is 1. The Balaban J connectivity index is 3.13. The van der Waals surface area contributed by atoms with Gasteiger partial charge in [0.15, 0.2) is 0 Å². The summed E-state index contributed by atoms with van der Waals surface area (Å²) in [5.41, 5.74) is 3.88. The van der Waals surface area contributed by atoms with E-state index >= 15 is 0 Å². The maximum absolute atomic E-state index is 10.4. The van der Waals surface area contributed by atoms with Gasteiger partial charge in [0.25, 0.3) is 5.69 Å². The summed E-state index contributed by atoms with van der Waals surface area (Å²) in [5, 5.41) is 11.0. The van der Waals surface area contributed by atoms with Gasteiger partial charge in [-0.2, -0.15) is 0 Å². The van der Waals surface area contributed by atoms with E-state index in [9.17, 15) is 10.1 Å². The van der Waals surface area contributed by atoms with Crippen LogP contribution < -0.4 is 11.3 Å².